The third-order valence-electron chi connectivity index (χ3n) is 3.16. The number of nitrogens with one attached hydrogen (secondary N) is 1. The fraction of sp³-hybridized carbons (Fsp3) is 0.375. The zero-order valence-corrected chi connectivity index (χ0v) is 13.9. The van der Waals surface area contributed by atoms with Gasteiger partial charge in [0.25, 0.3) is 0 Å². The van der Waals surface area contributed by atoms with Crippen LogP contribution in [0.4, 0.5) is 11.5 Å². The van der Waals surface area contributed by atoms with E-state index in [0.717, 1.165) is 11.1 Å². The second-order valence-electron chi connectivity index (χ2n) is 6.36. The molecular weight excluding hydrogens is 296 g/mol. The Hall–Kier alpha value is -2.70. The summed E-state index contributed by atoms with van der Waals surface area (Å²) in [6, 6.07) is 5.47. The van der Waals surface area contributed by atoms with E-state index in [2.05, 4.69) is 15.3 Å². The molecule has 122 valence electrons. The molecule has 2 rings (SSSR count). The molecule has 0 spiro atoms. The molecule has 0 aliphatic heterocycles. The van der Waals surface area contributed by atoms with Gasteiger partial charge in [-0.1, -0.05) is 6.07 Å². The Bertz CT molecular complexity index is 739. The van der Waals surface area contributed by atoms with Gasteiger partial charge in [-0.3, -0.25) is 10.1 Å². The molecule has 1 N–H and O–H groups in total. The summed E-state index contributed by atoms with van der Waals surface area (Å²) in [4.78, 5) is 18.8. The molecule has 7 heteroatoms. The third kappa shape index (κ3) is 4.15. The predicted molar refractivity (Wildman–Crippen MR) is 88.1 cm³/mol. The number of hydrogen-bond donors (Lipinski definition) is 1. The van der Waals surface area contributed by atoms with Crippen LogP contribution in [0.3, 0.4) is 0 Å². The number of ether oxygens (including phenoxy) is 1. The van der Waals surface area contributed by atoms with Gasteiger partial charge in [0.1, 0.15) is 12.1 Å². The Labute approximate surface area is 134 Å². The summed E-state index contributed by atoms with van der Waals surface area (Å²) in [5.74, 6) is 0.549. The molecule has 0 radical (unpaired) electrons. The van der Waals surface area contributed by atoms with Crippen LogP contribution in [0.2, 0.25) is 0 Å². The van der Waals surface area contributed by atoms with Gasteiger partial charge in [-0.25, -0.2) is 4.98 Å². The van der Waals surface area contributed by atoms with E-state index in [-0.39, 0.29) is 22.9 Å². The van der Waals surface area contributed by atoms with Crippen molar-refractivity contribution in [2.24, 2.45) is 0 Å². The molecule has 7 nitrogen and oxygen atoms in total. The van der Waals surface area contributed by atoms with Crippen molar-refractivity contribution in [1.29, 1.82) is 0 Å². The van der Waals surface area contributed by atoms with E-state index in [1.165, 1.54) is 6.33 Å². The van der Waals surface area contributed by atoms with Gasteiger partial charge in [-0.15, -0.1) is 0 Å². The van der Waals surface area contributed by atoms with Gasteiger partial charge in [0, 0.05) is 5.54 Å². The minimum atomic E-state index is -0.537. The van der Waals surface area contributed by atoms with Gasteiger partial charge in [-0.2, -0.15) is 4.98 Å². The van der Waals surface area contributed by atoms with Crippen LogP contribution in [0.15, 0.2) is 24.5 Å². The number of hydrogen-bond acceptors (Lipinski definition) is 6. The largest absolute Gasteiger partial charge is 0.434 e. The number of nitro groups is 1. The predicted octanol–water partition coefficient (Wildman–Crippen LogP) is 4.00. The highest BCUT2D eigenvalue weighted by molar-refractivity contribution is 5.62. The van der Waals surface area contributed by atoms with Crippen LogP contribution in [0.25, 0.3) is 0 Å². The molecule has 0 unspecified atom stereocenters. The number of anilines is 1. The zero-order chi connectivity index (χ0) is 17.2. The van der Waals surface area contributed by atoms with E-state index in [1.807, 2.05) is 46.8 Å². The van der Waals surface area contributed by atoms with E-state index in [0.29, 0.717) is 5.75 Å². The first-order valence-electron chi connectivity index (χ1n) is 7.20. The molecule has 0 aliphatic rings. The maximum Gasteiger partial charge on any atom is 0.373 e. The molecule has 1 aromatic carbocycles. The summed E-state index contributed by atoms with van der Waals surface area (Å²) >= 11 is 0. The summed E-state index contributed by atoms with van der Waals surface area (Å²) in [5, 5.41) is 14.5. The first-order valence-corrected chi connectivity index (χ1v) is 7.20. The second-order valence-corrected chi connectivity index (χ2v) is 6.36. The maximum absolute atomic E-state index is 11.4. The third-order valence-corrected chi connectivity index (χ3v) is 3.16. The van der Waals surface area contributed by atoms with Gasteiger partial charge in [0.2, 0.25) is 5.82 Å². The topological polar surface area (TPSA) is 90.2 Å². The van der Waals surface area contributed by atoms with E-state index >= 15 is 0 Å². The molecule has 0 bridgehead atoms. The van der Waals surface area contributed by atoms with E-state index < -0.39 is 4.92 Å². The Kier molecular flexibility index (Phi) is 4.49. The van der Waals surface area contributed by atoms with Crippen molar-refractivity contribution >= 4 is 11.5 Å². The SMILES string of the molecule is Cc1ccc(Oc2ncnc(NC(C)(C)C)c2[N+](=O)[O-])cc1C. The first kappa shape index (κ1) is 16.7. The number of aryl methyl sites for hydroxylation is 2. The average Bonchev–Trinajstić information content (AvgIpc) is 2.41. The molecule has 0 saturated heterocycles. The van der Waals surface area contributed by atoms with Crippen molar-refractivity contribution in [1.82, 2.24) is 9.97 Å². The summed E-state index contributed by atoms with van der Waals surface area (Å²) in [6.07, 6.45) is 1.25. The Morgan fingerprint density at radius 1 is 1.17 bits per heavy atom. The standard InChI is InChI=1S/C16H20N4O3/c1-10-6-7-12(8-11(10)2)23-15-13(20(21)22)14(17-9-18-15)19-16(3,4)5/h6-9H,1-5H3,(H,17,18,19). The molecule has 0 saturated carbocycles. The quantitative estimate of drug-likeness (QED) is 0.677. The Morgan fingerprint density at radius 2 is 1.87 bits per heavy atom. The lowest BCUT2D eigenvalue weighted by Crippen LogP contribution is -2.27. The van der Waals surface area contributed by atoms with Crippen LogP contribution in [0.1, 0.15) is 31.9 Å². The Balaban J connectivity index is 2.43. The summed E-state index contributed by atoms with van der Waals surface area (Å²) in [6.45, 7) is 9.61. The van der Waals surface area contributed by atoms with Crippen LogP contribution >= 0.6 is 0 Å². The maximum atomic E-state index is 11.4. The summed E-state index contributed by atoms with van der Waals surface area (Å²) in [7, 11) is 0. The van der Waals surface area contributed by atoms with Crippen molar-refractivity contribution in [2.45, 2.75) is 40.2 Å². The van der Waals surface area contributed by atoms with E-state index in [4.69, 9.17) is 4.74 Å². The molecule has 23 heavy (non-hydrogen) atoms. The monoisotopic (exact) mass is 316 g/mol. The number of nitrogens with zero attached hydrogens (tertiary/aromatic N) is 3. The van der Waals surface area contributed by atoms with Crippen molar-refractivity contribution in [3.05, 3.63) is 45.8 Å². The van der Waals surface area contributed by atoms with Crippen LogP contribution in [-0.2, 0) is 0 Å². The van der Waals surface area contributed by atoms with Crippen LogP contribution < -0.4 is 10.1 Å². The normalized spacial score (nSPS) is 11.2. The molecule has 0 fully saturated rings. The first-order chi connectivity index (χ1) is 10.7. The average molecular weight is 316 g/mol. The smallest absolute Gasteiger partial charge is 0.373 e. The van der Waals surface area contributed by atoms with Crippen LogP contribution in [0.5, 0.6) is 11.6 Å². The molecule has 0 amide bonds. The molecular formula is C16H20N4O3. The molecule has 2 aromatic rings. The lowest BCUT2D eigenvalue weighted by molar-refractivity contribution is -0.385. The van der Waals surface area contributed by atoms with Crippen molar-refractivity contribution < 1.29 is 9.66 Å². The van der Waals surface area contributed by atoms with Crippen LogP contribution in [-0.4, -0.2) is 20.4 Å². The van der Waals surface area contributed by atoms with Gasteiger partial charge in [0.15, 0.2) is 0 Å². The van der Waals surface area contributed by atoms with Crippen molar-refractivity contribution in [2.75, 3.05) is 5.32 Å². The summed E-state index contributed by atoms with van der Waals surface area (Å²) in [5.41, 5.74) is 1.49. The van der Waals surface area contributed by atoms with Gasteiger partial charge in [-0.05, 0) is 57.9 Å². The number of aromatic nitrogens is 2. The van der Waals surface area contributed by atoms with Crippen molar-refractivity contribution in [3.63, 3.8) is 0 Å². The minimum absolute atomic E-state index is 0.0833. The van der Waals surface area contributed by atoms with Gasteiger partial charge in [0.05, 0.1) is 4.92 Å². The number of rotatable bonds is 4. The molecule has 1 heterocycles. The van der Waals surface area contributed by atoms with Crippen LogP contribution in [0, 0.1) is 24.0 Å². The lowest BCUT2D eigenvalue weighted by Gasteiger charge is -2.21. The van der Waals surface area contributed by atoms with Gasteiger partial charge < -0.3 is 10.1 Å². The Morgan fingerprint density at radius 3 is 2.43 bits per heavy atom. The van der Waals surface area contributed by atoms with E-state index in [1.54, 1.807) is 6.07 Å². The molecule has 0 aliphatic carbocycles. The lowest BCUT2D eigenvalue weighted by atomic mass is 10.1. The van der Waals surface area contributed by atoms with Gasteiger partial charge >= 0.3 is 11.6 Å². The zero-order valence-electron chi connectivity index (χ0n) is 13.9. The second kappa shape index (κ2) is 6.20. The highest BCUT2D eigenvalue weighted by Gasteiger charge is 2.27. The number of benzene rings is 1. The minimum Gasteiger partial charge on any atom is -0.434 e. The van der Waals surface area contributed by atoms with E-state index in [9.17, 15) is 10.1 Å². The van der Waals surface area contributed by atoms with Crippen molar-refractivity contribution in [3.8, 4) is 11.6 Å². The summed E-state index contributed by atoms with van der Waals surface area (Å²) < 4.78 is 5.63. The fourth-order valence-electron chi connectivity index (χ4n) is 1.94. The highest BCUT2D eigenvalue weighted by Crippen LogP contribution is 2.35. The molecule has 0 atom stereocenters. The fourth-order valence-corrected chi connectivity index (χ4v) is 1.94. The highest BCUT2D eigenvalue weighted by atomic mass is 16.6. The molecule has 1 aromatic heterocycles.